The first kappa shape index (κ1) is 22.0. The van der Waals surface area contributed by atoms with Crippen LogP contribution in [0.4, 0.5) is 10.7 Å². The first-order chi connectivity index (χ1) is 14.8. The molecule has 11 nitrogen and oxygen atoms in total. The van der Waals surface area contributed by atoms with Crippen molar-refractivity contribution in [2.75, 3.05) is 26.1 Å². The van der Waals surface area contributed by atoms with E-state index in [0.717, 1.165) is 35.4 Å². The minimum Gasteiger partial charge on any atom is -0.493 e. The molecule has 1 aromatic carbocycles. The number of hydrogen-bond acceptors (Lipinski definition) is 9. The number of anilines is 1. The van der Waals surface area contributed by atoms with Gasteiger partial charge in [0.05, 0.1) is 30.8 Å². The molecule has 3 N–H and O–H groups in total. The third-order valence-corrected chi connectivity index (χ3v) is 5.88. The second kappa shape index (κ2) is 9.00. The molecule has 164 valence electrons. The van der Waals surface area contributed by atoms with E-state index in [9.17, 15) is 24.5 Å². The molecule has 0 atom stereocenters. The van der Waals surface area contributed by atoms with Gasteiger partial charge in [-0.05, 0) is 24.8 Å². The van der Waals surface area contributed by atoms with Crippen LogP contribution >= 0.6 is 11.3 Å². The van der Waals surface area contributed by atoms with E-state index in [1.54, 1.807) is 0 Å². The van der Waals surface area contributed by atoms with E-state index in [-0.39, 0.29) is 17.1 Å². The number of nitro benzene ring substituents is 1. The summed E-state index contributed by atoms with van der Waals surface area (Å²) in [6.45, 7) is -0.717. The van der Waals surface area contributed by atoms with Crippen molar-refractivity contribution in [2.24, 2.45) is 5.73 Å². The number of primary amides is 1. The van der Waals surface area contributed by atoms with Crippen LogP contribution in [-0.4, -0.2) is 43.5 Å². The summed E-state index contributed by atoms with van der Waals surface area (Å²) < 4.78 is 15.0. The molecule has 0 saturated heterocycles. The zero-order chi connectivity index (χ0) is 22.7. The van der Waals surface area contributed by atoms with Crippen molar-refractivity contribution in [2.45, 2.75) is 19.3 Å². The Balaban J connectivity index is 1.74. The standard InChI is InChI=1S/C19H19N3O8S/c1-28-12-6-10(11(22(26)27)7-13(12)29-2)19(25)30-8-15(23)21-18-16(17(20)24)9-4-3-5-14(9)31-18/h6-7H,3-5,8H2,1-2H3,(H2,20,24)(H,21,23). The Hall–Kier alpha value is -3.67. The van der Waals surface area contributed by atoms with Crippen LogP contribution < -0.4 is 20.5 Å². The van der Waals surface area contributed by atoms with Crippen LogP contribution in [0.15, 0.2) is 12.1 Å². The number of benzene rings is 1. The lowest BCUT2D eigenvalue weighted by Gasteiger charge is -2.11. The van der Waals surface area contributed by atoms with Crippen LogP contribution in [0, 0.1) is 10.1 Å². The molecule has 0 aliphatic heterocycles. The molecule has 2 amide bonds. The number of hydrogen-bond donors (Lipinski definition) is 2. The number of ether oxygens (including phenoxy) is 3. The highest BCUT2D eigenvalue weighted by molar-refractivity contribution is 7.17. The summed E-state index contributed by atoms with van der Waals surface area (Å²) in [6.07, 6.45) is 2.42. The molecule has 0 fully saturated rings. The Bertz CT molecular complexity index is 1080. The van der Waals surface area contributed by atoms with Gasteiger partial charge >= 0.3 is 5.97 Å². The number of thiophene rings is 1. The van der Waals surface area contributed by atoms with E-state index < -0.39 is 40.6 Å². The fraction of sp³-hybridized carbons (Fsp3) is 0.316. The van der Waals surface area contributed by atoms with Gasteiger partial charge in [-0.15, -0.1) is 11.3 Å². The van der Waals surface area contributed by atoms with Gasteiger partial charge in [0.25, 0.3) is 17.5 Å². The predicted molar refractivity (Wildman–Crippen MR) is 110 cm³/mol. The number of nitrogens with two attached hydrogens (primary N) is 1. The molecule has 1 aliphatic carbocycles. The summed E-state index contributed by atoms with van der Waals surface area (Å²) in [4.78, 5) is 48.0. The lowest BCUT2D eigenvalue weighted by atomic mass is 10.1. The number of nitrogens with zero attached hydrogens (tertiary/aromatic N) is 1. The second-order valence-electron chi connectivity index (χ2n) is 6.53. The van der Waals surface area contributed by atoms with E-state index in [2.05, 4.69) is 5.32 Å². The van der Waals surface area contributed by atoms with E-state index in [1.807, 2.05) is 0 Å². The van der Waals surface area contributed by atoms with Crippen molar-refractivity contribution in [3.63, 3.8) is 0 Å². The largest absolute Gasteiger partial charge is 0.493 e. The normalized spacial score (nSPS) is 12.1. The maximum Gasteiger partial charge on any atom is 0.345 e. The van der Waals surface area contributed by atoms with Crippen LogP contribution in [0.5, 0.6) is 11.5 Å². The van der Waals surface area contributed by atoms with Crippen molar-refractivity contribution < 1.29 is 33.5 Å². The topological polar surface area (TPSA) is 160 Å². The minimum atomic E-state index is -1.09. The molecule has 2 aromatic rings. The Morgan fingerprint density at radius 2 is 1.87 bits per heavy atom. The second-order valence-corrected chi connectivity index (χ2v) is 7.64. The molecule has 0 bridgehead atoms. The number of esters is 1. The number of nitrogens with one attached hydrogen (secondary N) is 1. The molecular weight excluding hydrogens is 430 g/mol. The first-order valence-electron chi connectivity index (χ1n) is 9.08. The van der Waals surface area contributed by atoms with Gasteiger partial charge in [0, 0.05) is 10.9 Å². The summed E-state index contributed by atoms with van der Waals surface area (Å²) in [5.74, 6) is -2.30. The number of aryl methyl sites for hydroxylation is 1. The molecule has 0 unspecified atom stereocenters. The Kier molecular flexibility index (Phi) is 6.39. The van der Waals surface area contributed by atoms with E-state index in [0.29, 0.717) is 11.4 Å². The van der Waals surface area contributed by atoms with Crippen LogP contribution in [0.2, 0.25) is 0 Å². The van der Waals surface area contributed by atoms with E-state index >= 15 is 0 Å². The van der Waals surface area contributed by atoms with Crippen LogP contribution in [0.1, 0.15) is 37.6 Å². The van der Waals surface area contributed by atoms with Gasteiger partial charge in [0.2, 0.25) is 0 Å². The van der Waals surface area contributed by atoms with Crippen molar-refractivity contribution >= 4 is 39.8 Å². The van der Waals surface area contributed by atoms with Crippen LogP contribution in [0.25, 0.3) is 0 Å². The van der Waals surface area contributed by atoms with Crippen LogP contribution in [0.3, 0.4) is 0 Å². The highest BCUT2D eigenvalue weighted by Gasteiger charge is 2.28. The fourth-order valence-electron chi connectivity index (χ4n) is 3.31. The van der Waals surface area contributed by atoms with Gasteiger partial charge in [-0.3, -0.25) is 19.7 Å². The van der Waals surface area contributed by atoms with E-state index in [4.69, 9.17) is 19.9 Å². The van der Waals surface area contributed by atoms with Crippen molar-refractivity contribution in [1.29, 1.82) is 0 Å². The van der Waals surface area contributed by atoms with Crippen molar-refractivity contribution in [3.05, 3.63) is 43.8 Å². The molecule has 1 aliphatic rings. The van der Waals surface area contributed by atoms with Crippen molar-refractivity contribution in [1.82, 2.24) is 0 Å². The number of fused-ring (bicyclic) bond motifs is 1. The molecule has 3 rings (SSSR count). The first-order valence-corrected chi connectivity index (χ1v) is 9.90. The van der Waals surface area contributed by atoms with Gasteiger partial charge in [0.1, 0.15) is 10.6 Å². The van der Waals surface area contributed by atoms with Gasteiger partial charge in [-0.1, -0.05) is 0 Å². The van der Waals surface area contributed by atoms with Gasteiger partial charge in [-0.2, -0.15) is 0 Å². The Morgan fingerprint density at radius 3 is 2.48 bits per heavy atom. The lowest BCUT2D eigenvalue weighted by molar-refractivity contribution is -0.385. The zero-order valence-electron chi connectivity index (χ0n) is 16.7. The molecule has 12 heteroatoms. The third-order valence-electron chi connectivity index (χ3n) is 4.67. The summed E-state index contributed by atoms with van der Waals surface area (Å²) in [6, 6.07) is 2.13. The monoisotopic (exact) mass is 449 g/mol. The Morgan fingerprint density at radius 1 is 1.19 bits per heavy atom. The number of carbonyl (C=O) groups excluding carboxylic acids is 3. The summed E-state index contributed by atoms with van der Waals surface area (Å²) in [5.41, 5.74) is 5.60. The number of amides is 2. The minimum absolute atomic E-state index is 0.0632. The smallest absolute Gasteiger partial charge is 0.345 e. The average molecular weight is 449 g/mol. The lowest BCUT2D eigenvalue weighted by Crippen LogP contribution is -2.23. The van der Waals surface area contributed by atoms with Crippen LogP contribution in [-0.2, 0) is 22.4 Å². The molecule has 1 aromatic heterocycles. The maximum atomic E-state index is 12.4. The number of rotatable bonds is 8. The average Bonchev–Trinajstić information content (AvgIpc) is 3.31. The number of methoxy groups -OCH3 is 2. The summed E-state index contributed by atoms with van der Waals surface area (Å²) >= 11 is 1.26. The number of carbonyl (C=O) groups is 3. The van der Waals surface area contributed by atoms with Gasteiger partial charge < -0.3 is 25.3 Å². The summed E-state index contributed by atoms with van der Waals surface area (Å²) in [7, 11) is 2.60. The zero-order valence-corrected chi connectivity index (χ0v) is 17.5. The molecule has 0 radical (unpaired) electrons. The van der Waals surface area contributed by atoms with Gasteiger partial charge in [-0.25, -0.2) is 4.79 Å². The maximum absolute atomic E-state index is 12.4. The molecular formula is C19H19N3O8S. The molecule has 0 spiro atoms. The molecule has 31 heavy (non-hydrogen) atoms. The molecule has 1 heterocycles. The van der Waals surface area contributed by atoms with Gasteiger partial charge in [0.15, 0.2) is 18.1 Å². The SMILES string of the molecule is COc1cc(C(=O)OCC(=O)Nc2sc3c(c2C(N)=O)CCC3)c([N+](=O)[O-])cc1OC. The fourth-order valence-corrected chi connectivity index (χ4v) is 4.62. The van der Waals surface area contributed by atoms with Crippen molar-refractivity contribution in [3.8, 4) is 11.5 Å². The predicted octanol–water partition coefficient (Wildman–Crippen LogP) is 2.06. The highest BCUT2D eigenvalue weighted by Crippen LogP contribution is 2.39. The Labute approximate surface area is 180 Å². The molecule has 0 saturated carbocycles. The quantitative estimate of drug-likeness (QED) is 0.352. The third kappa shape index (κ3) is 4.43. The van der Waals surface area contributed by atoms with E-state index in [1.165, 1.54) is 25.6 Å². The highest BCUT2D eigenvalue weighted by atomic mass is 32.1. The number of nitro groups is 1. The summed E-state index contributed by atoms with van der Waals surface area (Å²) in [5, 5.41) is 14.2.